The molecule has 13 heavy (non-hydrogen) atoms. The molecule has 2 aliphatic rings. The molecule has 0 amide bonds. The minimum absolute atomic E-state index is 0.302. The van der Waals surface area contributed by atoms with E-state index in [4.69, 9.17) is 10.8 Å². The van der Waals surface area contributed by atoms with Crippen molar-refractivity contribution < 1.29 is 5.11 Å². The first-order chi connectivity index (χ1) is 6.35. The second kappa shape index (κ2) is 3.95. The first kappa shape index (κ1) is 9.44. The predicted octanol–water partition coefficient (Wildman–Crippen LogP) is 0.0379. The maximum Gasteiger partial charge on any atom is 0.0558 e. The van der Waals surface area contributed by atoms with Crippen LogP contribution in [-0.4, -0.2) is 42.3 Å². The molecule has 3 heteroatoms. The molecule has 1 saturated carbocycles. The summed E-state index contributed by atoms with van der Waals surface area (Å²) in [5.74, 6) is 1.57. The number of likely N-dealkylation sites (tertiary alicyclic amines) is 1. The van der Waals surface area contributed by atoms with Gasteiger partial charge in [-0.15, -0.1) is 0 Å². The van der Waals surface area contributed by atoms with Crippen molar-refractivity contribution >= 4 is 0 Å². The monoisotopic (exact) mass is 184 g/mol. The van der Waals surface area contributed by atoms with Crippen molar-refractivity contribution in [1.82, 2.24) is 4.90 Å². The maximum absolute atomic E-state index is 8.90. The topological polar surface area (TPSA) is 49.5 Å². The van der Waals surface area contributed by atoms with Crippen molar-refractivity contribution in [2.45, 2.75) is 25.3 Å². The number of aliphatic hydroxyl groups is 1. The number of rotatable bonds is 3. The van der Waals surface area contributed by atoms with Gasteiger partial charge in [0.15, 0.2) is 0 Å². The molecule has 0 radical (unpaired) electrons. The lowest BCUT2D eigenvalue weighted by Gasteiger charge is -2.27. The molecule has 1 aliphatic heterocycles. The van der Waals surface area contributed by atoms with Crippen LogP contribution in [0, 0.1) is 11.8 Å². The Balaban J connectivity index is 1.94. The molecule has 2 bridgehead atoms. The molecule has 0 aromatic carbocycles. The lowest BCUT2D eigenvalue weighted by Crippen LogP contribution is -2.31. The van der Waals surface area contributed by atoms with Crippen molar-refractivity contribution in [1.29, 1.82) is 0 Å². The summed E-state index contributed by atoms with van der Waals surface area (Å²) in [4.78, 5) is 2.44. The number of β-amino-alcohol motifs (C(OH)–C–C–N with tert-alkyl or cyclic N) is 1. The molecule has 2 fully saturated rings. The van der Waals surface area contributed by atoms with E-state index in [2.05, 4.69) is 4.90 Å². The van der Waals surface area contributed by atoms with Crippen molar-refractivity contribution in [3.8, 4) is 0 Å². The zero-order valence-electron chi connectivity index (χ0n) is 8.15. The number of hydrogen-bond acceptors (Lipinski definition) is 3. The molecule has 3 unspecified atom stereocenters. The summed E-state index contributed by atoms with van der Waals surface area (Å²) in [6, 6.07) is 0.750. The minimum Gasteiger partial charge on any atom is -0.395 e. The second-order valence-corrected chi connectivity index (χ2v) is 4.44. The third kappa shape index (κ3) is 1.73. The third-order valence-corrected chi connectivity index (χ3v) is 3.79. The zero-order chi connectivity index (χ0) is 9.26. The minimum atomic E-state index is 0.302. The van der Waals surface area contributed by atoms with E-state index in [-0.39, 0.29) is 0 Å². The Morgan fingerprint density at radius 2 is 2.23 bits per heavy atom. The maximum atomic E-state index is 8.90. The van der Waals surface area contributed by atoms with Gasteiger partial charge in [-0.05, 0) is 37.6 Å². The Kier molecular flexibility index (Phi) is 2.86. The number of nitrogens with zero attached hydrogens (tertiary/aromatic N) is 1. The van der Waals surface area contributed by atoms with E-state index in [0.29, 0.717) is 6.61 Å². The molecule has 2 rings (SSSR count). The summed E-state index contributed by atoms with van der Waals surface area (Å²) in [5.41, 5.74) is 5.74. The van der Waals surface area contributed by atoms with Gasteiger partial charge in [-0.1, -0.05) is 0 Å². The first-order valence-corrected chi connectivity index (χ1v) is 5.40. The fourth-order valence-corrected chi connectivity index (χ4v) is 3.02. The quantitative estimate of drug-likeness (QED) is 0.651. The van der Waals surface area contributed by atoms with E-state index < -0.39 is 0 Å². The Labute approximate surface area is 79.9 Å². The molecule has 3 N–H and O–H groups in total. The Morgan fingerprint density at radius 1 is 1.38 bits per heavy atom. The highest BCUT2D eigenvalue weighted by atomic mass is 16.3. The van der Waals surface area contributed by atoms with E-state index >= 15 is 0 Å². The molecule has 0 aromatic rings. The van der Waals surface area contributed by atoms with Crippen LogP contribution >= 0.6 is 0 Å². The van der Waals surface area contributed by atoms with Crippen molar-refractivity contribution in [2.75, 3.05) is 26.2 Å². The largest absolute Gasteiger partial charge is 0.395 e. The molecule has 76 valence electrons. The predicted molar refractivity (Wildman–Crippen MR) is 52.3 cm³/mol. The number of fused-ring (bicyclic) bond motifs is 2. The van der Waals surface area contributed by atoms with Crippen LogP contribution in [0.3, 0.4) is 0 Å². The van der Waals surface area contributed by atoms with Gasteiger partial charge < -0.3 is 10.8 Å². The van der Waals surface area contributed by atoms with Crippen LogP contribution in [0.1, 0.15) is 19.3 Å². The summed E-state index contributed by atoms with van der Waals surface area (Å²) in [6.07, 6.45) is 3.91. The highest BCUT2D eigenvalue weighted by Crippen LogP contribution is 2.38. The highest BCUT2D eigenvalue weighted by Gasteiger charge is 2.39. The second-order valence-electron chi connectivity index (χ2n) is 4.44. The standard InChI is InChI=1S/C10H20N2O/c11-6-8-1-2-10-5-9(8)7-12(10)3-4-13/h8-10,13H,1-7,11H2. The van der Waals surface area contributed by atoms with Crippen molar-refractivity contribution in [3.63, 3.8) is 0 Å². The van der Waals surface area contributed by atoms with Gasteiger partial charge in [-0.3, -0.25) is 4.90 Å². The van der Waals surface area contributed by atoms with Gasteiger partial charge in [-0.2, -0.15) is 0 Å². The first-order valence-electron chi connectivity index (χ1n) is 5.40. The van der Waals surface area contributed by atoms with Crippen LogP contribution < -0.4 is 5.73 Å². The number of nitrogens with two attached hydrogens (primary N) is 1. The smallest absolute Gasteiger partial charge is 0.0558 e. The SMILES string of the molecule is NCC1CCC2CC1CN2CCO. The molecule has 0 spiro atoms. The molecule has 3 atom stereocenters. The van der Waals surface area contributed by atoms with Gasteiger partial charge in [0.1, 0.15) is 0 Å². The summed E-state index contributed by atoms with van der Waals surface area (Å²) >= 11 is 0. The van der Waals surface area contributed by atoms with E-state index in [1.165, 1.54) is 25.8 Å². The van der Waals surface area contributed by atoms with Crippen molar-refractivity contribution in [3.05, 3.63) is 0 Å². The molecular formula is C10H20N2O. The summed E-state index contributed by atoms with van der Waals surface area (Å²) in [5, 5.41) is 8.90. The van der Waals surface area contributed by atoms with Gasteiger partial charge >= 0.3 is 0 Å². The molecule has 1 heterocycles. The van der Waals surface area contributed by atoms with E-state index in [1.807, 2.05) is 0 Å². The highest BCUT2D eigenvalue weighted by molar-refractivity contribution is 4.93. The van der Waals surface area contributed by atoms with Gasteiger partial charge in [0.05, 0.1) is 6.61 Å². The summed E-state index contributed by atoms with van der Waals surface area (Å²) in [6.45, 7) is 3.19. The average Bonchev–Trinajstić information content (AvgIpc) is 2.46. The number of hydrogen-bond donors (Lipinski definition) is 2. The van der Waals surface area contributed by atoms with Gasteiger partial charge in [0, 0.05) is 19.1 Å². The third-order valence-electron chi connectivity index (χ3n) is 3.79. The van der Waals surface area contributed by atoms with Crippen LogP contribution in [0.4, 0.5) is 0 Å². The summed E-state index contributed by atoms with van der Waals surface area (Å²) < 4.78 is 0. The normalized spacial score (nSPS) is 39.7. The van der Waals surface area contributed by atoms with E-state index in [9.17, 15) is 0 Å². The molecule has 1 aliphatic carbocycles. The van der Waals surface area contributed by atoms with E-state index in [1.54, 1.807) is 0 Å². The molecule has 1 saturated heterocycles. The molecular weight excluding hydrogens is 164 g/mol. The summed E-state index contributed by atoms with van der Waals surface area (Å²) in [7, 11) is 0. The van der Waals surface area contributed by atoms with Crippen LogP contribution in [0.25, 0.3) is 0 Å². The van der Waals surface area contributed by atoms with Crippen LogP contribution in [0.15, 0.2) is 0 Å². The van der Waals surface area contributed by atoms with Crippen LogP contribution in [0.5, 0.6) is 0 Å². The van der Waals surface area contributed by atoms with Gasteiger partial charge in [0.2, 0.25) is 0 Å². The lowest BCUT2D eigenvalue weighted by molar-refractivity contribution is 0.180. The Hall–Kier alpha value is -0.120. The molecule has 0 aromatic heterocycles. The van der Waals surface area contributed by atoms with Crippen LogP contribution in [-0.2, 0) is 0 Å². The lowest BCUT2D eigenvalue weighted by atomic mass is 9.80. The Bertz CT molecular complexity index is 174. The molecule has 3 nitrogen and oxygen atoms in total. The van der Waals surface area contributed by atoms with Crippen molar-refractivity contribution in [2.24, 2.45) is 17.6 Å². The number of aliphatic hydroxyl groups excluding tert-OH is 1. The average molecular weight is 184 g/mol. The zero-order valence-corrected chi connectivity index (χ0v) is 8.15. The van der Waals surface area contributed by atoms with Gasteiger partial charge in [0.25, 0.3) is 0 Å². The Morgan fingerprint density at radius 3 is 2.92 bits per heavy atom. The van der Waals surface area contributed by atoms with Crippen LogP contribution in [0.2, 0.25) is 0 Å². The fraction of sp³-hybridized carbons (Fsp3) is 1.00. The fourth-order valence-electron chi connectivity index (χ4n) is 3.02. The van der Waals surface area contributed by atoms with E-state index in [0.717, 1.165) is 31.0 Å². The van der Waals surface area contributed by atoms with Gasteiger partial charge in [-0.25, -0.2) is 0 Å².